The number of hydrogen-bond acceptors (Lipinski definition) is 1. The van der Waals surface area contributed by atoms with Crippen LogP contribution in [0.25, 0.3) is 0 Å². The Labute approximate surface area is 130 Å². The summed E-state index contributed by atoms with van der Waals surface area (Å²) in [5.74, 6) is 0.153. The Kier molecular flexibility index (Phi) is 5.03. The van der Waals surface area contributed by atoms with Crippen molar-refractivity contribution in [2.75, 3.05) is 0 Å². The maximum absolute atomic E-state index is 12.0. The standard InChI is InChI=1S/C15H11BrCl2O/c16-14-6-3-11(9-15(14)18)8-13(19)7-10-1-4-12(17)5-2-10/h1-6,9H,7-8H2. The van der Waals surface area contributed by atoms with E-state index in [1.54, 1.807) is 12.1 Å². The first-order chi connectivity index (χ1) is 9.04. The Hall–Kier alpha value is -0.830. The third-order valence-corrected chi connectivity index (χ3v) is 4.18. The molecule has 2 rings (SSSR count). The van der Waals surface area contributed by atoms with Crippen molar-refractivity contribution in [3.05, 3.63) is 68.1 Å². The first kappa shape index (κ1) is 14.6. The van der Waals surface area contributed by atoms with Gasteiger partial charge in [0.25, 0.3) is 0 Å². The highest BCUT2D eigenvalue weighted by Crippen LogP contribution is 2.23. The summed E-state index contributed by atoms with van der Waals surface area (Å²) in [6.07, 6.45) is 0.792. The summed E-state index contributed by atoms with van der Waals surface area (Å²) in [5.41, 5.74) is 1.89. The summed E-state index contributed by atoms with van der Waals surface area (Å²) in [7, 11) is 0. The van der Waals surface area contributed by atoms with Gasteiger partial charge in [-0.1, -0.05) is 41.4 Å². The van der Waals surface area contributed by atoms with E-state index in [-0.39, 0.29) is 5.78 Å². The van der Waals surface area contributed by atoms with Crippen molar-refractivity contribution in [1.29, 1.82) is 0 Å². The zero-order chi connectivity index (χ0) is 13.8. The van der Waals surface area contributed by atoms with Gasteiger partial charge in [0.05, 0.1) is 5.02 Å². The Morgan fingerprint density at radius 3 is 2.16 bits per heavy atom. The quantitative estimate of drug-likeness (QED) is 0.743. The van der Waals surface area contributed by atoms with Gasteiger partial charge in [-0.25, -0.2) is 0 Å². The van der Waals surface area contributed by atoms with Crippen LogP contribution in [0.5, 0.6) is 0 Å². The average Bonchev–Trinajstić information content (AvgIpc) is 2.37. The van der Waals surface area contributed by atoms with E-state index in [1.165, 1.54) is 0 Å². The summed E-state index contributed by atoms with van der Waals surface area (Å²) < 4.78 is 0.836. The molecule has 19 heavy (non-hydrogen) atoms. The van der Waals surface area contributed by atoms with Gasteiger partial charge in [0.2, 0.25) is 0 Å². The molecule has 0 N–H and O–H groups in total. The molecule has 2 aromatic rings. The van der Waals surface area contributed by atoms with Gasteiger partial charge in [0, 0.05) is 22.3 Å². The smallest absolute Gasteiger partial charge is 0.141 e. The molecule has 0 unspecified atom stereocenters. The third kappa shape index (κ3) is 4.34. The van der Waals surface area contributed by atoms with Crippen LogP contribution in [0, 0.1) is 0 Å². The second-order valence-corrected chi connectivity index (χ2v) is 5.97. The second-order valence-electron chi connectivity index (χ2n) is 4.27. The lowest BCUT2D eigenvalue weighted by molar-refractivity contribution is -0.117. The van der Waals surface area contributed by atoms with Crippen LogP contribution < -0.4 is 0 Å². The normalized spacial score (nSPS) is 10.5. The number of carbonyl (C=O) groups excluding carboxylic acids is 1. The monoisotopic (exact) mass is 356 g/mol. The summed E-state index contributed by atoms with van der Waals surface area (Å²) in [6.45, 7) is 0. The van der Waals surface area contributed by atoms with E-state index < -0.39 is 0 Å². The zero-order valence-electron chi connectivity index (χ0n) is 10.00. The van der Waals surface area contributed by atoms with Crippen molar-refractivity contribution in [2.24, 2.45) is 0 Å². The van der Waals surface area contributed by atoms with E-state index in [0.717, 1.165) is 15.6 Å². The second kappa shape index (κ2) is 6.56. The molecule has 0 saturated heterocycles. The number of halogens is 3. The molecule has 2 aromatic carbocycles. The fourth-order valence-electron chi connectivity index (χ4n) is 1.77. The number of rotatable bonds is 4. The van der Waals surface area contributed by atoms with Crippen LogP contribution in [0.1, 0.15) is 11.1 Å². The van der Waals surface area contributed by atoms with E-state index in [9.17, 15) is 4.79 Å². The third-order valence-electron chi connectivity index (χ3n) is 2.70. The minimum atomic E-state index is 0.153. The average molecular weight is 358 g/mol. The number of carbonyl (C=O) groups is 1. The van der Waals surface area contributed by atoms with Crippen LogP contribution in [-0.4, -0.2) is 5.78 Å². The fourth-order valence-corrected chi connectivity index (χ4v) is 2.35. The van der Waals surface area contributed by atoms with Crippen molar-refractivity contribution >= 4 is 44.9 Å². The zero-order valence-corrected chi connectivity index (χ0v) is 13.1. The van der Waals surface area contributed by atoms with E-state index in [1.807, 2.05) is 30.3 Å². The molecule has 0 aromatic heterocycles. The van der Waals surface area contributed by atoms with E-state index in [0.29, 0.717) is 22.9 Å². The SMILES string of the molecule is O=C(Cc1ccc(Cl)cc1)Cc1ccc(Br)c(Cl)c1. The lowest BCUT2D eigenvalue weighted by atomic mass is 10.0. The Bertz CT molecular complexity index is 594. The highest BCUT2D eigenvalue weighted by atomic mass is 79.9. The first-order valence-corrected chi connectivity index (χ1v) is 7.29. The lowest BCUT2D eigenvalue weighted by Crippen LogP contribution is -2.06. The maximum atomic E-state index is 12.0. The number of benzene rings is 2. The van der Waals surface area contributed by atoms with Gasteiger partial charge in [-0.15, -0.1) is 0 Å². The summed E-state index contributed by atoms with van der Waals surface area (Å²) in [4.78, 5) is 12.0. The van der Waals surface area contributed by atoms with Crippen molar-refractivity contribution in [3.8, 4) is 0 Å². The van der Waals surface area contributed by atoms with Crippen molar-refractivity contribution in [2.45, 2.75) is 12.8 Å². The highest BCUT2D eigenvalue weighted by molar-refractivity contribution is 9.10. The van der Waals surface area contributed by atoms with Gasteiger partial charge >= 0.3 is 0 Å². The largest absolute Gasteiger partial charge is 0.299 e. The van der Waals surface area contributed by atoms with Crippen LogP contribution >= 0.6 is 39.1 Å². The molecule has 0 atom stereocenters. The van der Waals surface area contributed by atoms with Crippen molar-refractivity contribution < 1.29 is 4.79 Å². The Morgan fingerprint density at radius 2 is 1.53 bits per heavy atom. The van der Waals surface area contributed by atoms with Crippen LogP contribution in [-0.2, 0) is 17.6 Å². The van der Waals surface area contributed by atoms with Gasteiger partial charge in [-0.3, -0.25) is 4.79 Å². The van der Waals surface area contributed by atoms with Gasteiger partial charge in [0.1, 0.15) is 5.78 Å². The minimum absolute atomic E-state index is 0.153. The molecule has 1 nitrogen and oxygen atoms in total. The van der Waals surface area contributed by atoms with Gasteiger partial charge in [-0.2, -0.15) is 0 Å². The van der Waals surface area contributed by atoms with Gasteiger partial charge in [0.15, 0.2) is 0 Å². The summed E-state index contributed by atoms with van der Waals surface area (Å²) in [5, 5.41) is 1.30. The molecule has 0 spiro atoms. The molecule has 0 heterocycles. The molecular weight excluding hydrogens is 347 g/mol. The lowest BCUT2D eigenvalue weighted by Gasteiger charge is -2.04. The van der Waals surface area contributed by atoms with Gasteiger partial charge in [-0.05, 0) is 51.3 Å². The van der Waals surface area contributed by atoms with Crippen LogP contribution in [0.15, 0.2) is 46.9 Å². The van der Waals surface area contributed by atoms with Gasteiger partial charge < -0.3 is 0 Å². The molecule has 0 aliphatic heterocycles. The Morgan fingerprint density at radius 1 is 0.947 bits per heavy atom. The number of hydrogen-bond donors (Lipinski definition) is 0. The summed E-state index contributed by atoms with van der Waals surface area (Å²) >= 11 is 15.1. The molecule has 4 heteroatoms. The predicted molar refractivity (Wildman–Crippen MR) is 83.0 cm³/mol. The number of ketones is 1. The van der Waals surface area contributed by atoms with Crippen molar-refractivity contribution in [3.63, 3.8) is 0 Å². The van der Waals surface area contributed by atoms with E-state index in [2.05, 4.69) is 15.9 Å². The topological polar surface area (TPSA) is 17.1 Å². The predicted octanol–water partition coefficient (Wildman–Crippen LogP) is 5.11. The Balaban J connectivity index is 2.01. The molecule has 0 aliphatic carbocycles. The minimum Gasteiger partial charge on any atom is -0.299 e. The molecule has 0 radical (unpaired) electrons. The molecule has 0 bridgehead atoms. The molecule has 0 amide bonds. The molecule has 98 valence electrons. The first-order valence-electron chi connectivity index (χ1n) is 5.74. The van der Waals surface area contributed by atoms with E-state index >= 15 is 0 Å². The highest BCUT2D eigenvalue weighted by Gasteiger charge is 2.07. The van der Waals surface area contributed by atoms with Crippen molar-refractivity contribution in [1.82, 2.24) is 0 Å². The van der Waals surface area contributed by atoms with Crippen LogP contribution in [0.2, 0.25) is 10.0 Å². The van der Waals surface area contributed by atoms with Crippen LogP contribution in [0.3, 0.4) is 0 Å². The van der Waals surface area contributed by atoms with E-state index in [4.69, 9.17) is 23.2 Å². The number of Topliss-reactive ketones (excluding diaryl/α,β-unsaturated/α-hetero) is 1. The fraction of sp³-hybridized carbons (Fsp3) is 0.133. The summed E-state index contributed by atoms with van der Waals surface area (Å²) in [6, 6.07) is 12.9. The molecule has 0 saturated carbocycles. The molecular formula is C15H11BrCl2O. The maximum Gasteiger partial charge on any atom is 0.141 e. The molecule has 0 fully saturated rings. The molecule has 0 aliphatic rings. The van der Waals surface area contributed by atoms with Crippen LogP contribution in [0.4, 0.5) is 0 Å².